The number of aromatic nitrogens is 1. The number of nitrogen functional groups attached to an aromatic ring is 1. The molecule has 0 fully saturated rings. The van der Waals surface area contributed by atoms with E-state index >= 15 is 0 Å². The van der Waals surface area contributed by atoms with E-state index in [-0.39, 0.29) is 5.75 Å². The summed E-state index contributed by atoms with van der Waals surface area (Å²) in [4.78, 5) is 11.5. The lowest BCUT2D eigenvalue weighted by molar-refractivity contribution is -0.697. The van der Waals surface area contributed by atoms with E-state index in [1.807, 2.05) is 54.1 Å². The second-order valence-electron chi connectivity index (χ2n) is 5.80. The highest BCUT2D eigenvalue weighted by Gasteiger charge is 2.19. The van der Waals surface area contributed by atoms with Crippen molar-refractivity contribution in [2.75, 3.05) is 12.3 Å². The summed E-state index contributed by atoms with van der Waals surface area (Å²) in [6.45, 7) is 2.99. The third-order valence-corrected chi connectivity index (χ3v) is 3.87. The van der Waals surface area contributed by atoms with Crippen molar-refractivity contribution in [1.29, 1.82) is 0 Å². The maximum absolute atomic E-state index is 11.5. The van der Waals surface area contributed by atoms with E-state index in [4.69, 9.17) is 26.0 Å². The average Bonchev–Trinajstić information content (AvgIpc) is 3.10. The van der Waals surface area contributed by atoms with Crippen LogP contribution in [0.1, 0.15) is 12.0 Å². The van der Waals surface area contributed by atoms with E-state index in [2.05, 4.69) is 0 Å². The zero-order chi connectivity index (χ0) is 18.5. The van der Waals surface area contributed by atoms with E-state index in [0.717, 1.165) is 29.6 Å². The number of carbonyl (C=O) groups excluding carboxylic acids is 1. The molecule has 0 aliphatic heterocycles. The van der Waals surface area contributed by atoms with Gasteiger partial charge in [-0.05, 0) is 24.6 Å². The molecule has 0 unspecified atom stereocenters. The zero-order valence-corrected chi connectivity index (χ0v) is 14.4. The molecule has 0 amide bonds. The number of fused-ring (bicyclic) bond motifs is 1. The number of esters is 1. The van der Waals surface area contributed by atoms with Crippen LogP contribution >= 0.6 is 0 Å². The van der Waals surface area contributed by atoms with Crippen molar-refractivity contribution in [3.63, 3.8) is 0 Å². The number of ether oxygens (including phenoxy) is 2. The third kappa shape index (κ3) is 3.78. The monoisotopic (exact) mass is 351 g/mol. The first-order chi connectivity index (χ1) is 12.6. The molecule has 3 rings (SSSR count). The highest BCUT2D eigenvalue weighted by Crippen LogP contribution is 2.39. The SMILES string of the molecule is C#CC(=O)Oc1c(C)cc2ccoc2c1OCCC[n+]1ccc(N)cc1. The van der Waals surface area contributed by atoms with Crippen molar-refractivity contribution in [1.82, 2.24) is 0 Å². The summed E-state index contributed by atoms with van der Waals surface area (Å²) in [6.07, 6.45) is 11.2. The number of hydrogen-bond acceptors (Lipinski definition) is 5. The first-order valence-electron chi connectivity index (χ1n) is 8.15. The molecular formula is C20H19N2O4+. The molecule has 0 atom stereocenters. The Kier molecular flexibility index (Phi) is 5.09. The van der Waals surface area contributed by atoms with Crippen LogP contribution < -0.4 is 19.8 Å². The highest BCUT2D eigenvalue weighted by molar-refractivity contribution is 5.93. The Bertz CT molecular complexity index is 968. The normalized spacial score (nSPS) is 10.5. The van der Waals surface area contributed by atoms with Crippen LogP contribution in [0.4, 0.5) is 5.69 Å². The van der Waals surface area contributed by atoms with Crippen molar-refractivity contribution in [3.05, 3.63) is 48.5 Å². The summed E-state index contributed by atoms with van der Waals surface area (Å²) in [7, 11) is 0. The van der Waals surface area contributed by atoms with Crippen molar-refractivity contribution >= 4 is 22.6 Å². The number of nitrogens with zero attached hydrogens (tertiary/aromatic N) is 1. The van der Waals surface area contributed by atoms with Gasteiger partial charge in [0.2, 0.25) is 5.75 Å². The van der Waals surface area contributed by atoms with Crippen LogP contribution in [0.5, 0.6) is 11.5 Å². The highest BCUT2D eigenvalue weighted by atomic mass is 16.6. The minimum atomic E-state index is -0.777. The zero-order valence-electron chi connectivity index (χ0n) is 14.4. The standard InChI is InChI=1S/C20H18N2O4/c1-3-17(23)26-18-14(2)13-15-7-12-25-19(15)20(18)24-11-4-8-22-9-5-16(21)6-10-22/h1,5-7,9-10,12-13,21H,4,8,11H2,2H3/p+1. The summed E-state index contributed by atoms with van der Waals surface area (Å²) >= 11 is 0. The lowest BCUT2D eigenvalue weighted by Crippen LogP contribution is -2.33. The molecule has 0 saturated carbocycles. The number of hydrogen-bond donors (Lipinski definition) is 1. The smallest absolute Gasteiger partial charge is 0.389 e. The van der Waals surface area contributed by atoms with Crippen LogP contribution in [-0.4, -0.2) is 12.6 Å². The number of anilines is 1. The van der Waals surface area contributed by atoms with Gasteiger partial charge >= 0.3 is 5.97 Å². The van der Waals surface area contributed by atoms with Crippen molar-refractivity contribution in [2.24, 2.45) is 0 Å². The number of rotatable bonds is 6. The van der Waals surface area contributed by atoms with Gasteiger partial charge in [-0.25, -0.2) is 9.36 Å². The van der Waals surface area contributed by atoms with Gasteiger partial charge in [0.1, 0.15) is 0 Å². The fourth-order valence-electron chi connectivity index (χ4n) is 2.62. The lowest BCUT2D eigenvalue weighted by atomic mass is 10.1. The van der Waals surface area contributed by atoms with Crippen LogP contribution in [0, 0.1) is 19.3 Å². The summed E-state index contributed by atoms with van der Waals surface area (Å²) in [5, 5.41) is 0.867. The van der Waals surface area contributed by atoms with Crippen LogP contribution in [0.3, 0.4) is 0 Å². The molecule has 26 heavy (non-hydrogen) atoms. The number of terminal acetylenes is 1. The first-order valence-corrected chi connectivity index (χ1v) is 8.15. The van der Waals surface area contributed by atoms with Gasteiger partial charge in [-0.2, -0.15) is 0 Å². The Morgan fingerprint density at radius 1 is 1.31 bits per heavy atom. The Hall–Kier alpha value is -3.46. The Balaban J connectivity index is 1.76. The number of aryl methyl sites for hydroxylation is 2. The molecule has 0 saturated heterocycles. The van der Waals surface area contributed by atoms with E-state index in [1.54, 1.807) is 6.26 Å². The number of furan rings is 1. The maximum atomic E-state index is 11.5. The molecule has 3 aromatic rings. The predicted molar refractivity (Wildman–Crippen MR) is 96.6 cm³/mol. The molecule has 2 N–H and O–H groups in total. The van der Waals surface area contributed by atoms with Crippen LogP contribution in [0.2, 0.25) is 0 Å². The molecule has 2 heterocycles. The molecule has 6 heteroatoms. The van der Waals surface area contributed by atoms with Crippen molar-refractivity contribution < 1.29 is 23.3 Å². The van der Waals surface area contributed by atoms with Crippen LogP contribution in [0.25, 0.3) is 11.0 Å². The minimum Gasteiger partial charge on any atom is -0.486 e. The predicted octanol–water partition coefficient (Wildman–Crippen LogP) is 2.62. The Labute approximate surface area is 151 Å². The molecule has 0 radical (unpaired) electrons. The largest absolute Gasteiger partial charge is 0.486 e. The summed E-state index contributed by atoms with van der Waals surface area (Å²) in [5.74, 6) is 1.84. The van der Waals surface area contributed by atoms with Gasteiger partial charge in [0.05, 0.1) is 12.9 Å². The average molecular weight is 351 g/mol. The van der Waals surface area contributed by atoms with E-state index in [0.29, 0.717) is 17.9 Å². The van der Waals surface area contributed by atoms with Gasteiger partial charge in [0.15, 0.2) is 30.3 Å². The summed E-state index contributed by atoms with van der Waals surface area (Å²) < 4.78 is 18.7. The number of benzene rings is 1. The van der Waals surface area contributed by atoms with Gasteiger partial charge in [0.25, 0.3) is 0 Å². The minimum absolute atomic E-state index is 0.288. The Morgan fingerprint density at radius 2 is 2.08 bits per heavy atom. The van der Waals surface area contributed by atoms with Gasteiger partial charge in [-0.1, -0.05) is 0 Å². The molecule has 0 bridgehead atoms. The Morgan fingerprint density at radius 3 is 2.81 bits per heavy atom. The van der Waals surface area contributed by atoms with Crippen molar-refractivity contribution in [2.45, 2.75) is 19.9 Å². The number of nitrogens with two attached hydrogens (primary N) is 1. The molecule has 132 valence electrons. The lowest BCUT2D eigenvalue weighted by Gasteiger charge is -2.13. The van der Waals surface area contributed by atoms with Gasteiger partial charge < -0.3 is 19.6 Å². The van der Waals surface area contributed by atoms with Crippen LogP contribution in [0.15, 0.2) is 47.3 Å². The quantitative estimate of drug-likeness (QED) is 0.184. The van der Waals surface area contributed by atoms with E-state index in [9.17, 15) is 4.79 Å². The van der Waals surface area contributed by atoms with Crippen LogP contribution in [-0.2, 0) is 11.3 Å². The second kappa shape index (κ2) is 7.62. The van der Waals surface area contributed by atoms with Crippen molar-refractivity contribution in [3.8, 4) is 23.8 Å². The van der Waals surface area contributed by atoms with Gasteiger partial charge in [-0.3, -0.25) is 0 Å². The second-order valence-corrected chi connectivity index (χ2v) is 5.80. The fraction of sp³-hybridized carbons (Fsp3) is 0.200. The number of carbonyl (C=O) groups is 1. The molecular weight excluding hydrogens is 332 g/mol. The summed E-state index contributed by atoms with van der Waals surface area (Å²) in [6, 6.07) is 7.36. The van der Waals surface area contributed by atoms with Gasteiger partial charge in [-0.15, -0.1) is 6.42 Å². The topological polar surface area (TPSA) is 78.6 Å². The van der Waals surface area contributed by atoms with E-state index < -0.39 is 5.97 Å². The molecule has 6 nitrogen and oxygen atoms in total. The number of pyridine rings is 1. The molecule has 0 aliphatic rings. The fourth-order valence-corrected chi connectivity index (χ4v) is 2.62. The maximum Gasteiger partial charge on any atom is 0.389 e. The van der Waals surface area contributed by atoms with E-state index in [1.165, 1.54) is 0 Å². The van der Waals surface area contributed by atoms with Gasteiger partial charge in [0, 0.05) is 35.5 Å². The summed E-state index contributed by atoms with van der Waals surface area (Å²) in [5.41, 5.74) is 7.66. The molecule has 2 aromatic heterocycles. The molecule has 0 spiro atoms. The third-order valence-electron chi connectivity index (χ3n) is 3.87. The molecule has 1 aromatic carbocycles. The molecule has 0 aliphatic carbocycles. The first kappa shape index (κ1) is 17.4.